The molecule has 1 atom stereocenters. The summed E-state index contributed by atoms with van der Waals surface area (Å²) in [6.45, 7) is 0.199. The Labute approximate surface area is 136 Å². The molecule has 0 saturated carbocycles. The SMILES string of the molecule is Fc1cncnc1N1CCC(F)(c2nc(-c3ccccc3)no2)C1. The number of anilines is 1. The zero-order valence-electron chi connectivity index (χ0n) is 12.6. The van der Waals surface area contributed by atoms with E-state index in [-0.39, 0.29) is 24.7 Å². The van der Waals surface area contributed by atoms with Gasteiger partial charge in [0, 0.05) is 18.5 Å². The van der Waals surface area contributed by atoms with Crippen LogP contribution >= 0.6 is 0 Å². The van der Waals surface area contributed by atoms with Crippen LogP contribution in [-0.4, -0.2) is 33.2 Å². The molecule has 0 aliphatic carbocycles. The van der Waals surface area contributed by atoms with Gasteiger partial charge in [0.2, 0.25) is 11.5 Å². The number of nitrogens with zero attached hydrogens (tertiary/aromatic N) is 5. The van der Waals surface area contributed by atoms with E-state index in [1.54, 1.807) is 0 Å². The fourth-order valence-corrected chi connectivity index (χ4v) is 2.78. The van der Waals surface area contributed by atoms with Gasteiger partial charge in [0.05, 0.1) is 12.7 Å². The van der Waals surface area contributed by atoms with Gasteiger partial charge < -0.3 is 9.42 Å². The fourth-order valence-electron chi connectivity index (χ4n) is 2.78. The number of hydrogen-bond acceptors (Lipinski definition) is 6. The topological polar surface area (TPSA) is 67.9 Å². The summed E-state index contributed by atoms with van der Waals surface area (Å²) in [4.78, 5) is 13.2. The molecule has 1 aliphatic rings. The van der Waals surface area contributed by atoms with Gasteiger partial charge in [-0.15, -0.1) is 0 Å². The van der Waals surface area contributed by atoms with Crippen molar-refractivity contribution in [3.05, 3.63) is 54.6 Å². The molecular formula is C16H13F2N5O. The van der Waals surface area contributed by atoms with Crippen LogP contribution in [0.4, 0.5) is 14.6 Å². The van der Waals surface area contributed by atoms with E-state index < -0.39 is 11.5 Å². The van der Waals surface area contributed by atoms with Crippen molar-refractivity contribution in [3.63, 3.8) is 0 Å². The minimum absolute atomic E-state index is 0.0762. The van der Waals surface area contributed by atoms with Crippen molar-refractivity contribution in [3.8, 4) is 11.4 Å². The molecule has 1 unspecified atom stereocenters. The van der Waals surface area contributed by atoms with Gasteiger partial charge in [0.1, 0.15) is 6.33 Å². The zero-order valence-corrected chi connectivity index (χ0v) is 12.6. The lowest BCUT2D eigenvalue weighted by molar-refractivity contribution is 0.136. The van der Waals surface area contributed by atoms with E-state index >= 15 is 4.39 Å². The van der Waals surface area contributed by atoms with Gasteiger partial charge in [-0.2, -0.15) is 4.98 Å². The first-order valence-corrected chi connectivity index (χ1v) is 7.45. The smallest absolute Gasteiger partial charge is 0.266 e. The Bertz CT molecular complexity index is 856. The number of alkyl halides is 1. The highest BCUT2D eigenvalue weighted by Crippen LogP contribution is 2.37. The van der Waals surface area contributed by atoms with E-state index in [4.69, 9.17) is 4.52 Å². The van der Waals surface area contributed by atoms with E-state index in [0.717, 1.165) is 11.8 Å². The average Bonchev–Trinajstić information content (AvgIpc) is 3.24. The van der Waals surface area contributed by atoms with E-state index in [0.29, 0.717) is 12.4 Å². The van der Waals surface area contributed by atoms with Crippen LogP contribution in [0.5, 0.6) is 0 Å². The first-order chi connectivity index (χ1) is 11.7. The molecule has 1 aromatic carbocycles. The second kappa shape index (κ2) is 5.63. The molecule has 6 nitrogen and oxygen atoms in total. The Morgan fingerprint density at radius 1 is 1.21 bits per heavy atom. The Kier molecular flexibility index (Phi) is 3.44. The summed E-state index contributed by atoms with van der Waals surface area (Å²) in [5.41, 5.74) is -1.09. The van der Waals surface area contributed by atoms with Crippen molar-refractivity contribution in [1.29, 1.82) is 0 Å². The van der Waals surface area contributed by atoms with Crippen LogP contribution in [0.2, 0.25) is 0 Å². The van der Waals surface area contributed by atoms with Crippen LogP contribution in [0, 0.1) is 5.82 Å². The molecule has 24 heavy (non-hydrogen) atoms. The molecular weight excluding hydrogens is 316 g/mol. The summed E-state index contributed by atoms with van der Waals surface area (Å²) in [5, 5.41) is 3.85. The quantitative estimate of drug-likeness (QED) is 0.736. The van der Waals surface area contributed by atoms with Crippen molar-refractivity contribution in [2.24, 2.45) is 0 Å². The standard InChI is InChI=1S/C16H13F2N5O/c17-12-8-19-10-20-14(12)23-7-6-16(18,9-23)15-21-13(22-24-15)11-4-2-1-3-5-11/h1-5,8,10H,6-7,9H2. The van der Waals surface area contributed by atoms with Crippen LogP contribution in [-0.2, 0) is 5.67 Å². The van der Waals surface area contributed by atoms with Crippen molar-refractivity contribution in [1.82, 2.24) is 20.1 Å². The van der Waals surface area contributed by atoms with Gasteiger partial charge in [-0.1, -0.05) is 35.5 Å². The third-order valence-corrected chi connectivity index (χ3v) is 4.01. The number of benzene rings is 1. The molecule has 1 fully saturated rings. The van der Waals surface area contributed by atoms with Gasteiger partial charge >= 0.3 is 0 Å². The van der Waals surface area contributed by atoms with Gasteiger partial charge in [0.15, 0.2) is 11.6 Å². The van der Waals surface area contributed by atoms with Gasteiger partial charge in [-0.25, -0.2) is 18.7 Å². The second-order valence-corrected chi connectivity index (χ2v) is 5.62. The van der Waals surface area contributed by atoms with Crippen molar-refractivity contribution in [2.75, 3.05) is 18.0 Å². The summed E-state index contributed by atoms with van der Waals surface area (Å²) in [6, 6.07) is 9.18. The number of hydrogen-bond donors (Lipinski definition) is 0. The Hall–Kier alpha value is -2.90. The van der Waals surface area contributed by atoms with Gasteiger partial charge in [-0.3, -0.25) is 0 Å². The highest BCUT2D eigenvalue weighted by atomic mass is 19.1. The normalized spacial score (nSPS) is 20.5. The average molecular weight is 329 g/mol. The third-order valence-electron chi connectivity index (χ3n) is 4.01. The molecule has 0 N–H and O–H groups in total. The van der Waals surface area contributed by atoms with Crippen LogP contribution in [0.25, 0.3) is 11.4 Å². The predicted molar refractivity (Wildman–Crippen MR) is 81.3 cm³/mol. The molecule has 0 spiro atoms. The zero-order chi connectivity index (χ0) is 16.6. The molecule has 0 amide bonds. The Balaban J connectivity index is 1.59. The molecule has 3 heterocycles. The summed E-state index contributed by atoms with van der Waals surface area (Å²) >= 11 is 0. The lowest BCUT2D eigenvalue weighted by atomic mass is 10.1. The minimum Gasteiger partial charge on any atom is -0.350 e. The molecule has 0 bridgehead atoms. The van der Waals surface area contributed by atoms with Crippen molar-refractivity contribution in [2.45, 2.75) is 12.1 Å². The summed E-state index contributed by atoms with van der Waals surface area (Å²) in [5.74, 6) is -0.280. The van der Waals surface area contributed by atoms with E-state index in [2.05, 4.69) is 20.1 Å². The van der Waals surface area contributed by atoms with Crippen LogP contribution < -0.4 is 4.90 Å². The number of aromatic nitrogens is 4. The lowest BCUT2D eigenvalue weighted by Gasteiger charge is -2.18. The highest BCUT2D eigenvalue weighted by Gasteiger charge is 2.46. The largest absolute Gasteiger partial charge is 0.350 e. The molecule has 122 valence electrons. The maximum absolute atomic E-state index is 15.2. The molecule has 0 radical (unpaired) electrons. The minimum atomic E-state index is -1.84. The first-order valence-electron chi connectivity index (χ1n) is 7.45. The number of rotatable bonds is 3. The van der Waals surface area contributed by atoms with E-state index in [1.807, 2.05) is 30.3 Å². The number of halogens is 2. The van der Waals surface area contributed by atoms with Crippen LogP contribution in [0.3, 0.4) is 0 Å². The van der Waals surface area contributed by atoms with Crippen molar-refractivity contribution < 1.29 is 13.3 Å². The molecule has 2 aromatic heterocycles. The van der Waals surface area contributed by atoms with Gasteiger partial charge in [-0.05, 0) is 0 Å². The lowest BCUT2D eigenvalue weighted by Crippen LogP contribution is -2.28. The highest BCUT2D eigenvalue weighted by molar-refractivity contribution is 5.53. The maximum Gasteiger partial charge on any atom is 0.266 e. The van der Waals surface area contributed by atoms with E-state index in [9.17, 15) is 4.39 Å². The molecule has 4 rings (SSSR count). The van der Waals surface area contributed by atoms with Crippen LogP contribution in [0.1, 0.15) is 12.3 Å². The van der Waals surface area contributed by atoms with Gasteiger partial charge in [0.25, 0.3) is 5.89 Å². The Morgan fingerprint density at radius 3 is 2.83 bits per heavy atom. The van der Waals surface area contributed by atoms with Crippen LogP contribution in [0.15, 0.2) is 47.4 Å². The maximum atomic E-state index is 15.2. The fraction of sp³-hybridized carbons (Fsp3) is 0.250. The molecule has 3 aromatic rings. The third kappa shape index (κ3) is 2.49. The summed E-state index contributed by atoms with van der Waals surface area (Å²) < 4.78 is 34.1. The molecule has 1 aliphatic heterocycles. The molecule has 1 saturated heterocycles. The van der Waals surface area contributed by atoms with Crippen molar-refractivity contribution >= 4 is 5.82 Å². The summed E-state index contributed by atoms with van der Waals surface area (Å²) in [7, 11) is 0. The second-order valence-electron chi connectivity index (χ2n) is 5.62. The predicted octanol–water partition coefficient (Wildman–Crippen LogP) is 2.74. The molecule has 8 heteroatoms. The Morgan fingerprint density at radius 2 is 2.04 bits per heavy atom. The summed E-state index contributed by atoms with van der Waals surface area (Å²) in [6.07, 6.45) is 2.41. The monoisotopic (exact) mass is 329 g/mol. The van der Waals surface area contributed by atoms with E-state index in [1.165, 1.54) is 11.2 Å². The first kappa shape index (κ1) is 14.7.